The summed E-state index contributed by atoms with van der Waals surface area (Å²) in [6.45, 7) is 6.69. The standard InChI is InChI=1S/C24H34N2O3/c1-15-25-12-13-26(15)22(28)29-21-7-6-19-18-5-4-16-14-17(27)8-10-23(16,2)20(18)9-11-24(19,21)3/h12-13,16,18-21H,4-11,14H2,1-3H3/t16?,18?,19?,20?,21-,23-,24-/m0/s1. The number of ketones is 1. The molecule has 0 spiro atoms. The van der Waals surface area contributed by atoms with E-state index in [0.29, 0.717) is 28.9 Å². The van der Waals surface area contributed by atoms with E-state index in [-0.39, 0.29) is 17.6 Å². The van der Waals surface area contributed by atoms with Crippen molar-refractivity contribution in [2.24, 2.45) is 34.5 Å². The molecule has 4 saturated carbocycles. The Bertz CT molecular complexity index is 832. The van der Waals surface area contributed by atoms with Gasteiger partial charge in [0.1, 0.15) is 17.7 Å². The van der Waals surface area contributed by atoms with Gasteiger partial charge in [0, 0.05) is 30.7 Å². The topological polar surface area (TPSA) is 61.2 Å². The van der Waals surface area contributed by atoms with Gasteiger partial charge >= 0.3 is 6.09 Å². The van der Waals surface area contributed by atoms with Crippen LogP contribution in [0, 0.1) is 41.4 Å². The van der Waals surface area contributed by atoms with Crippen LogP contribution in [0.3, 0.4) is 0 Å². The number of rotatable bonds is 1. The van der Waals surface area contributed by atoms with E-state index in [4.69, 9.17) is 4.74 Å². The molecule has 4 aliphatic rings. The molecule has 0 amide bonds. The lowest BCUT2D eigenvalue weighted by atomic mass is 9.45. The van der Waals surface area contributed by atoms with Gasteiger partial charge in [0.2, 0.25) is 0 Å². The summed E-state index contributed by atoms with van der Waals surface area (Å²) in [5.41, 5.74) is 0.417. The van der Waals surface area contributed by atoms with Crippen molar-refractivity contribution in [3.05, 3.63) is 18.2 Å². The first-order chi connectivity index (χ1) is 13.8. The highest BCUT2D eigenvalue weighted by molar-refractivity contribution is 5.79. The van der Waals surface area contributed by atoms with E-state index in [9.17, 15) is 9.59 Å². The van der Waals surface area contributed by atoms with Crippen LogP contribution in [0.15, 0.2) is 12.4 Å². The number of imidazole rings is 1. The molecule has 4 fully saturated rings. The van der Waals surface area contributed by atoms with Gasteiger partial charge in [-0.1, -0.05) is 13.8 Å². The van der Waals surface area contributed by atoms with Crippen LogP contribution < -0.4 is 0 Å². The Balaban J connectivity index is 1.35. The Morgan fingerprint density at radius 3 is 2.66 bits per heavy atom. The minimum atomic E-state index is -0.282. The highest BCUT2D eigenvalue weighted by Crippen LogP contribution is 2.66. The number of hydrogen-bond donors (Lipinski definition) is 0. The van der Waals surface area contributed by atoms with E-state index < -0.39 is 0 Å². The summed E-state index contributed by atoms with van der Waals surface area (Å²) in [7, 11) is 0. The highest BCUT2D eigenvalue weighted by Gasteiger charge is 2.61. The van der Waals surface area contributed by atoms with Crippen LogP contribution >= 0.6 is 0 Å². The van der Waals surface area contributed by atoms with Crippen molar-refractivity contribution in [2.45, 2.75) is 84.7 Å². The number of carbonyl (C=O) groups is 2. The zero-order valence-corrected chi connectivity index (χ0v) is 18.0. The van der Waals surface area contributed by atoms with Gasteiger partial charge in [0.05, 0.1) is 0 Å². The largest absolute Gasteiger partial charge is 0.445 e. The lowest BCUT2D eigenvalue weighted by molar-refractivity contribution is -0.142. The third kappa shape index (κ3) is 2.83. The highest BCUT2D eigenvalue weighted by atomic mass is 16.6. The molecule has 1 aromatic rings. The van der Waals surface area contributed by atoms with Crippen LogP contribution in [0.5, 0.6) is 0 Å². The van der Waals surface area contributed by atoms with Gasteiger partial charge < -0.3 is 4.74 Å². The first-order valence-corrected chi connectivity index (χ1v) is 11.6. The SMILES string of the molecule is Cc1nccn1C(=O)O[C@H]1CCC2C3CCC4CC(=O)CC[C@]4(C)C3CC[C@@]21C. The molecule has 0 aromatic carbocycles. The normalized spacial score (nSPS) is 44.0. The van der Waals surface area contributed by atoms with Crippen molar-refractivity contribution in [1.82, 2.24) is 9.55 Å². The molecule has 0 N–H and O–H groups in total. The van der Waals surface area contributed by atoms with Gasteiger partial charge in [-0.15, -0.1) is 0 Å². The maximum atomic E-state index is 12.7. The lowest BCUT2D eigenvalue weighted by Crippen LogP contribution is -2.54. The van der Waals surface area contributed by atoms with Gasteiger partial charge in [-0.3, -0.25) is 4.79 Å². The van der Waals surface area contributed by atoms with Crippen molar-refractivity contribution in [1.29, 1.82) is 0 Å². The third-order valence-corrected chi connectivity index (χ3v) is 9.66. The van der Waals surface area contributed by atoms with Crippen molar-refractivity contribution in [2.75, 3.05) is 0 Å². The Morgan fingerprint density at radius 2 is 1.90 bits per heavy atom. The number of fused-ring (bicyclic) bond motifs is 5. The first-order valence-electron chi connectivity index (χ1n) is 11.6. The predicted molar refractivity (Wildman–Crippen MR) is 109 cm³/mol. The monoisotopic (exact) mass is 398 g/mol. The maximum Gasteiger partial charge on any atom is 0.419 e. The Labute approximate surface area is 173 Å². The fourth-order valence-electron chi connectivity index (χ4n) is 7.94. The van der Waals surface area contributed by atoms with E-state index in [1.807, 2.05) is 6.92 Å². The molecular formula is C24H34N2O3. The number of carbonyl (C=O) groups excluding carboxylic acids is 2. The molecule has 1 heterocycles. The molecule has 5 nitrogen and oxygen atoms in total. The van der Waals surface area contributed by atoms with Crippen molar-refractivity contribution in [3.8, 4) is 0 Å². The fraction of sp³-hybridized carbons (Fsp3) is 0.792. The summed E-state index contributed by atoms with van der Waals surface area (Å²) in [6.07, 6.45) is 12.7. The second kappa shape index (κ2) is 6.68. The summed E-state index contributed by atoms with van der Waals surface area (Å²) in [6, 6.07) is 0. The van der Waals surface area contributed by atoms with E-state index >= 15 is 0 Å². The van der Waals surface area contributed by atoms with E-state index in [1.165, 1.54) is 23.8 Å². The van der Waals surface area contributed by atoms with E-state index in [1.54, 1.807) is 12.4 Å². The minimum absolute atomic E-state index is 0.00112. The van der Waals surface area contributed by atoms with Gasteiger partial charge in [0.25, 0.3) is 0 Å². The van der Waals surface area contributed by atoms with Gasteiger partial charge in [-0.25, -0.2) is 14.3 Å². The average Bonchev–Trinajstić information content (AvgIpc) is 3.26. The number of nitrogens with zero attached hydrogens (tertiary/aromatic N) is 2. The van der Waals surface area contributed by atoms with Crippen LogP contribution in [0.4, 0.5) is 4.79 Å². The van der Waals surface area contributed by atoms with Gasteiger partial charge in [-0.2, -0.15) is 0 Å². The van der Waals surface area contributed by atoms with E-state index in [2.05, 4.69) is 18.8 Å². The number of ether oxygens (including phenoxy) is 1. The number of Topliss-reactive ketones (excluding diaryl/α,β-unsaturated/α-hetero) is 1. The van der Waals surface area contributed by atoms with Crippen molar-refractivity contribution < 1.29 is 14.3 Å². The minimum Gasteiger partial charge on any atom is -0.445 e. The molecule has 4 aliphatic carbocycles. The van der Waals surface area contributed by atoms with E-state index in [0.717, 1.165) is 50.4 Å². The summed E-state index contributed by atoms with van der Waals surface area (Å²) < 4.78 is 7.60. The smallest absolute Gasteiger partial charge is 0.419 e. The maximum absolute atomic E-state index is 12.7. The molecule has 4 unspecified atom stereocenters. The molecular weight excluding hydrogens is 364 g/mol. The third-order valence-electron chi connectivity index (χ3n) is 9.66. The Kier molecular flexibility index (Phi) is 4.45. The first kappa shape index (κ1) is 19.3. The summed E-state index contributed by atoms with van der Waals surface area (Å²) in [4.78, 5) is 28.9. The quantitative estimate of drug-likeness (QED) is 0.656. The van der Waals surface area contributed by atoms with Crippen LogP contribution in [0.1, 0.15) is 77.5 Å². The number of aromatic nitrogens is 2. The molecule has 1 aromatic heterocycles. The van der Waals surface area contributed by atoms with Crippen LogP contribution in [0.25, 0.3) is 0 Å². The molecule has 5 heteroatoms. The van der Waals surface area contributed by atoms with Crippen LogP contribution in [0.2, 0.25) is 0 Å². The van der Waals surface area contributed by atoms with Crippen LogP contribution in [-0.2, 0) is 9.53 Å². The summed E-state index contributed by atoms with van der Waals surface area (Å²) in [5.74, 6) is 3.84. The predicted octanol–water partition coefficient (Wildman–Crippen LogP) is 5.16. The average molecular weight is 399 g/mol. The zero-order chi connectivity index (χ0) is 20.4. The zero-order valence-electron chi connectivity index (χ0n) is 18.0. The molecule has 158 valence electrons. The number of hydrogen-bond acceptors (Lipinski definition) is 4. The van der Waals surface area contributed by atoms with Gasteiger partial charge in [0.15, 0.2) is 0 Å². The molecule has 7 atom stereocenters. The molecule has 0 radical (unpaired) electrons. The Hall–Kier alpha value is -1.65. The van der Waals surface area contributed by atoms with Gasteiger partial charge in [-0.05, 0) is 81.0 Å². The second-order valence-corrected chi connectivity index (χ2v) is 10.7. The Morgan fingerprint density at radius 1 is 1.10 bits per heavy atom. The molecule has 5 rings (SSSR count). The number of aryl methyl sites for hydroxylation is 1. The lowest BCUT2D eigenvalue weighted by Gasteiger charge is -2.60. The molecule has 0 bridgehead atoms. The van der Waals surface area contributed by atoms with Crippen molar-refractivity contribution in [3.63, 3.8) is 0 Å². The second-order valence-electron chi connectivity index (χ2n) is 10.7. The van der Waals surface area contributed by atoms with Crippen molar-refractivity contribution >= 4 is 11.9 Å². The van der Waals surface area contributed by atoms with Crippen LogP contribution in [-0.4, -0.2) is 27.5 Å². The fourth-order valence-corrected chi connectivity index (χ4v) is 7.94. The molecule has 0 saturated heterocycles. The molecule has 0 aliphatic heterocycles. The summed E-state index contributed by atoms with van der Waals surface area (Å²) in [5, 5.41) is 0. The summed E-state index contributed by atoms with van der Waals surface area (Å²) >= 11 is 0. The molecule has 29 heavy (non-hydrogen) atoms.